The van der Waals surface area contributed by atoms with Gasteiger partial charge in [-0.15, -0.1) is 6.58 Å². The van der Waals surface area contributed by atoms with Gasteiger partial charge in [0, 0.05) is 24.2 Å². The van der Waals surface area contributed by atoms with Crippen molar-refractivity contribution in [2.24, 2.45) is 50.7 Å². The molecule has 4 saturated carbocycles. The van der Waals surface area contributed by atoms with Gasteiger partial charge in [0.25, 0.3) is 0 Å². The minimum atomic E-state index is -0.140. The molecule has 3 nitrogen and oxygen atoms in total. The van der Waals surface area contributed by atoms with Gasteiger partial charge in [-0.3, -0.25) is 9.59 Å². The normalized spacial score (nSPS) is 47.5. The van der Waals surface area contributed by atoms with Crippen molar-refractivity contribution in [3.63, 3.8) is 0 Å². The van der Waals surface area contributed by atoms with E-state index in [-0.39, 0.29) is 45.1 Å². The predicted molar refractivity (Wildman–Crippen MR) is 145 cm³/mol. The van der Waals surface area contributed by atoms with Gasteiger partial charge in [0.05, 0.1) is 0 Å². The molecular weight excluding hydrogens is 444 g/mol. The minimum Gasteiger partial charge on any atom is -0.462 e. The third-order valence-corrected chi connectivity index (χ3v) is 13.1. The van der Waals surface area contributed by atoms with E-state index in [2.05, 4.69) is 61.1 Å². The minimum absolute atomic E-state index is 0.00642. The quantitative estimate of drug-likeness (QED) is 0.294. The number of Topliss-reactive ketones (excluding diaryl/α,β-unsaturated/α-hetero) is 1. The van der Waals surface area contributed by atoms with E-state index >= 15 is 0 Å². The van der Waals surface area contributed by atoms with E-state index in [9.17, 15) is 9.59 Å². The molecule has 0 aromatic rings. The Hall–Kier alpha value is -1.38. The Morgan fingerprint density at radius 3 is 2.25 bits per heavy atom. The second-order valence-corrected chi connectivity index (χ2v) is 15.0. The van der Waals surface area contributed by atoms with Crippen LogP contribution in [0.15, 0.2) is 23.8 Å². The first-order valence-electron chi connectivity index (χ1n) is 14.8. The molecule has 200 valence electrons. The van der Waals surface area contributed by atoms with Crippen molar-refractivity contribution in [3.8, 4) is 0 Å². The van der Waals surface area contributed by atoms with Gasteiger partial charge in [-0.25, -0.2) is 0 Å². The van der Waals surface area contributed by atoms with Crippen LogP contribution in [0.3, 0.4) is 0 Å². The van der Waals surface area contributed by atoms with E-state index in [4.69, 9.17) is 4.74 Å². The summed E-state index contributed by atoms with van der Waals surface area (Å²) in [5.74, 6) is 2.25. The number of carbonyl (C=O) groups is 2. The van der Waals surface area contributed by atoms with Crippen LogP contribution in [0, 0.1) is 50.7 Å². The number of hydrogen-bond donors (Lipinski definition) is 0. The summed E-state index contributed by atoms with van der Waals surface area (Å²) in [4.78, 5) is 25.3. The maximum atomic E-state index is 13.4. The number of ether oxygens (including phenoxy) is 1. The summed E-state index contributed by atoms with van der Waals surface area (Å²) in [7, 11) is 0. The van der Waals surface area contributed by atoms with E-state index in [0.717, 1.165) is 24.8 Å². The predicted octanol–water partition coefficient (Wildman–Crippen LogP) is 8.08. The Kier molecular flexibility index (Phi) is 5.87. The molecule has 0 aromatic heterocycles. The van der Waals surface area contributed by atoms with Crippen LogP contribution in [0.5, 0.6) is 0 Å². The first kappa shape index (κ1) is 26.2. The summed E-state index contributed by atoms with van der Waals surface area (Å²) >= 11 is 0. The summed E-state index contributed by atoms with van der Waals surface area (Å²) in [5, 5.41) is 0. The van der Waals surface area contributed by atoms with Crippen molar-refractivity contribution in [1.29, 1.82) is 0 Å². The number of carbonyl (C=O) groups excluding carboxylic acids is 2. The molecule has 0 amide bonds. The number of rotatable bonds is 3. The molecule has 0 saturated heterocycles. The molecule has 0 N–H and O–H groups in total. The highest BCUT2D eigenvalue weighted by atomic mass is 16.5. The standard InChI is InChI=1S/C33H50O3/c1-10-33-18-17-31(8)22(28(33)27(20(2)3)23(35)19-33)11-12-25-30(7)15-14-26(36-21(4)34)29(5,6)24(30)13-16-32(25,31)9/h10,20,22,24-26H,1,11-19H2,2-9H3/t22-,24-,25-,26+,30+,31-,32-,33+/m1/s1. The smallest absolute Gasteiger partial charge is 0.302 e. The molecule has 5 rings (SSSR count). The van der Waals surface area contributed by atoms with Gasteiger partial charge >= 0.3 is 5.97 Å². The van der Waals surface area contributed by atoms with Crippen LogP contribution in [-0.2, 0) is 14.3 Å². The molecule has 0 bridgehead atoms. The highest BCUT2D eigenvalue weighted by molar-refractivity contribution is 6.01. The summed E-state index contributed by atoms with van der Waals surface area (Å²) in [6.07, 6.45) is 12.1. The molecule has 3 heteroatoms. The van der Waals surface area contributed by atoms with Crippen molar-refractivity contribution in [2.75, 3.05) is 0 Å². The van der Waals surface area contributed by atoms with Gasteiger partial charge in [0.15, 0.2) is 5.78 Å². The second-order valence-electron chi connectivity index (χ2n) is 15.0. The Bertz CT molecular complexity index is 1020. The van der Waals surface area contributed by atoms with Gasteiger partial charge in [-0.05, 0) is 102 Å². The van der Waals surface area contributed by atoms with Crippen molar-refractivity contribution < 1.29 is 14.3 Å². The van der Waals surface area contributed by atoms with Crippen LogP contribution in [0.2, 0.25) is 0 Å². The molecule has 0 unspecified atom stereocenters. The topological polar surface area (TPSA) is 43.4 Å². The largest absolute Gasteiger partial charge is 0.462 e. The summed E-state index contributed by atoms with van der Waals surface area (Å²) in [6.45, 7) is 22.8. The second kappa shape index (κ2) is 8.06. The third kappa shape index (κ3) is 3.16. The SMILES string of the molecule is C=C[C@@]12CC[C@]3(C)[C@H](CC[C@@H]4[C@@]5(C)CC[C@H](OC(C)=O)C(C)(C)[C@H]5CC[C@]43C)C1=C(C(C)C)C(=O)C2. The van der Waals surface area contributed by atoms with Gasteiger partial charge in [-0.2, -0.15) is 0 Å². The van der Waals surface area contributed by atoms with Crippen LogP contribution in [0.25, 0.3) is 0 Å². The van der Waals surface area contributed by atoms with E-state index in [1.807, 2.05) is 0 Å². The monoisotopic (exact) mass is 494 g/mol. The van der Waals surface area contributed by atoms with E-state index < -0.39 is 0 Å². The lowest BCUT2D eigenvalue weighted by Gasteiger charge is -2.72. The molecule has 0 spiro atoms. The average molecular weight is 495 g/mol. The van der Waals surface area contributed by atoms with Crippen molar-refractivity contribution in [2.45, 2.75) is 119 Å². The first-order chi connectivity index (χ1) is 16.7. The fraction of sp³-hybridized carbons (Fsp3) is 0.818. The van der Waals surface area contributed by atoms with E-state index in [0.29, 0.717) is 30.0 Å². The van der Waals surface area contributed by atoms with Crippen LogP contribution in [0.4, 0.5) is 0 Å². The molecule has 0 heterocycles. The number of fused-ring (bicyclic) bond motifs is 7. The molecule has 0 radical (unpaired) electrons. The average Bonchev–Trinajstić information content (AvgIpc) is 3.09. The van der Waals surface area contributed by atoms with Crippen LogP contribution in [0.1, 0.15) is 113 Å². The molecule has 0 aliphatic heterocycles. The van der Waals surface area contributed by atoms with Gasteiger partial charge in [0.2, 0.25) is 0 Å². The molecular formula is C33H50O3. The fourth-order valence-electron chi connectivity index (χ4n) is 11.3. The first-order valence-corrected chi connectivity index (χ1v) is 14.8. The Morgan fingerprint density at radius 2 is 1.64 bits per heavy atom. The van der Waals surface area contributed by atoms with E-state index in [1.165, 1.54) is 37.7 Å². The third-order valence-electron chi connectivity index (χ3n) is 13.1. The lowest BCUT2D eigenvalue weighted by Crippen LogP contribution is -2.65. The molecule has 5 aliphatic rings. The summed E-state index contributed by atoms with van der Waals surface area (Å²) in [5.41, 5.74) is 3.25. The Labute approximate surface area is 219 Å². The number of allylic oxidation sites excluding steroid dienone is 3. The zero-order valence-corrected chi connectivity index (χ0v) is 24.3. The van der Waals surface area contributed by atoms with E-state index in [1.54, 1.807) is 6.92 Å². The molecule has 36 heavy (non-hydrogen) atoms. The van der Waals surface area contributed by atoms with Crippen molar-refractivity contribution >= 4 is 11.8 Å². The van der Waals surface area contributed by atoms with Crippen LogP contribution < -0.4 is 0 Å². The summed E-state index contributed by atoms with van der Waals surface area (Å²) < 4.78 is 5.90. The van der Waals surface area contributed by atoms with Gasteiger partial charge in [0.1, 0.15) is 6.10 Å². The molecule has 4 fully saturated rings. The summed E-state index contributed by atoms with van der Waals surface area (Å²) in [6, 6.07) is 0. The molecule has 0 aromatic carbocycles. The van der Waals surface area contributed by atoms with Crippen LogP contribution >= 0.6 is 0 Å². The zero-order valence-electron chi connectivity index (χ0n) is 24.3. The van der Waals surface area contributed by atoms with Crippen molar-refractivity contribution in [3.05, 3.63) is 23.8 Å². The van der Waals surface area contributed by atoms with Gasteiger partial charge < -0.3 is 4.74 Å². The number of ketones is 1. The highest BCUT2D eigenvalue weighted by Crippen LogP contribution is 2.76. The highest BCUT2D eigenvalue weighted by Gasteiger charge is 2.69. The van der Waals surface area contributed by atoms with Gasteiger partial charge in [-0.1, -0.05) is 54.5 Å². The van der Waals surface area contributed by atoms with Crippen molar-refractivity contribution in [1.82, 2.24) is 0 Å². The Morgan fingerprint density at radius 1 is 0.944 bits per heavy atom. The zero-order chi connectivity index (χ0) is 26.5. The Balaban J connectivity index is 1.56. The lowest BCUT2D eigenvalue weighted by molar-refractivity contribution is -0.232. The maximum absolute atomic E-state index is 13.4. The lowest BCUT2D eigenvalue weighted by atomic mass is 9.33. The number of esters is 1. The fourth-order valence-corrected chi connectivity index (χ4v) is 11.3. The number of hydrogen-bond acceptors (Lipinski definition) is 3. The molecule has 8 atom stereocenters. The van der Waals surface area contributed by atoms with Crippen LogP contribution in [-0.4, -0.2) is 17.9 Å². The maximum Gasteiger partial charge on any atom is 0.302 e. The molecule has 5 aliphatic carbocycles.